The van der Waals surface area contributed by atoms with Crippen LogP contribution in [-0.4, -0.2) is 29.9 Å². The molecule has 90 valence electrons. The van der Waals surface area contributed by atoms with Gasteiger partial charge in [0.25, 0.3) is 0 Å². The molecule has 3 unspecified atom stereocenters. The highest BCUT2D eigenvalue weighted by molar-refractivity contribution is 5.79. The molecule has 0 aliphatic heterocycles. The van der Waals surface area contributed by atoms with Crippen molar-refractivity contribution < 1.29 is 4.79 Å². The molecule has 0 aromatic carbocycles. The molecule has 0 bridgehead atoms. The zero-order valence-electron chi connectivity index (χ0n) is 10.1. The third-order valence-corrected chi connectivity index (χ3v) is 3.29. The molecule has 3 atom stereocenters. The molecule has 4 nitrogen and oxygen atoms in total. The van der Waals surface area contributed by atoms with E-state index in [0.29, 0.717) is 13.1 Å². The molecule has 16 heavy (non-hydrogen) atoms. The fourth-order valence-corrected chi connectivity index (χ4v) is 2.28. The average molecular weight is 223 g/mol. The first kappa shape index (κ1) is 13.0. The molecule has 1 amide bonds. The maximum atomic E-state index is 12.2. The summed E-state index contributed by atoms with van der Waals surface area (Å²) in [5, 5.41) is 8.77. The highest BCUT2D eigenvalue weighted by Gasteiger charge is 2.33. The normalized spacial score (nSPS) is 26.1. The minimum atomic E-state index is -0.110. The van der Waals surface area contributed by atoms with Crippen molar-refractivity contribution in [3.8, 4) is 6.07 Å². The summed E-state index contributed by atoms with van der Waals surface area (Å²) < 4.78 is 0. The Balaban J connectivity index is 2.59. The topological polar surface area (TPSA) is 70.1 Å². The number of hydrogen-bond acceptors (Lipinski definition) is 3. The van der Waals surface area contributed by atoms with Crippen molar-refractivity contribution in [3.05, 3.63) is 0 Å². The van der Waals surface area contributed by atoms with E-state index in [2.05, 4.69) is 6.07 Å². The zero-order valence-corrected chi connectivity index (χ0v) is 10.1. The molecule has 1 saturated carbocycles. The van der Waals surface area contributed by atoms with Crippen molar-refractivity contribution in [2.24, 2.45) is 17.6 Å². The van der Waals surface area contributed by atoms with Gasteiger partial charge in [-0.25, -0.2) is 0 Å². The largest absolute Gasteiger partial charge is 0.341 e. The minimum absolute atomic E-state index is 0.0129. The Kier molecular flexibility index (Phi) is 4.75. The summed E-state index contributed by atoms with van der Waals surface area (Å²) in [6.45, 7) is 4.97. The van der Waals surface area contributed by atoms with Gasteiger partial charge in [-0.2, -0.15) is 5.26 Å². The molecule has 2 N–H and O–H groups in total. The molecular weight excluding hydrogens is 202 g/mol. The number of nitrogens with two attached hydrogens (primary N) is 1. The van der Waals surface area contributed by atoms with Crippen molar-refractivity contribution in [1.82, 2.24) is 4.90 Å². The first-order valence-corrected chi connectivity index (χ1v) is 6.04. The monoisotopic (exact) mass is 223 g/mol. The molecule has 1 rings (SSSR count). The van der Waals surface area contributed by atoms with Crippen LogP contribution >= 0.6 is 0 Å². The summed E-state index contributed by atoms with van der Waals surface area (Å²) in [5.41, 5.74) is 5.92. The predicted molar refractivity (Wildman–Crippen MR) is 62.3 cm³/mol. The summed E-state index contributed by atoms with van der Waals surface area (Å²) in [5.74, 6) is 0.00182. The first-order chi connectivity index (χ1) is 7.60. The van der Waals surface area contributed by atoms with Crippen LogP contribution in [0.5, 0.6) is 0 Å². The van der Waals surface area contributed by atoms with Crippen LogP contribution in [0.25, 0.3) is 0 Å². The van der Waals surface area contributed by atoms with Gasteiger partial charge in [0, 0.05) is 19.1 Å². The first-order valence-electron chi connectivity index (χ1n) is 6.04. The molecule has 1 fully saturated rings. The molecule has 0 heterocycles. The van der Waals surface area contributed by atoms with E-state index in [4.69, 9.17) is 11.0 Å². The van der Waals surface area contributed by atoms with Gasteiger partial charge in [0.15, 0.2) is 0 Å². The van der Waals surface area contributed by atoms with Crippen molar-refractivity contribution in [2.45, 2.75) is 39.2 Å². The lowest BCUT2D eigenvalue weighted by atomic mass is 10.0. The number of carbonyl (C=O) groups is 1. The van der Waals surface area contributed by atoms with E-state index in [0.717, 1.165) is 19.3 Å². The molecule has 0 aromatic rings. The van der Waals surface area contributed by atoms with Crippen LogP contribution in [0, 0.1) is 23.2 Å². The highest BCUT2D eigenvalue weighted by atomic mass is 16.2. The lowest BCUT2D eigenvalue weighted by molar-refractivity contribution is -0.135. The zero-order chi connectivity index (χ0) is 12.1. The van der Waals surface area contributed by atoms with E-state index in [1.807, 2.05) is 13.8 Å². The second kappa shape index (κ2) is 5.86. The Labute approximate surface area is 97.4 Å². The van der Waals surface area contributed by atoms with E-state index >= 15 is 0 Å². The summed E-state index contributed by atoms with van der Waals surface area (Å²) in [7, 11) is 0. The van der Waals surface area contributed by atoms with Crippen LogP contribution in [0.2, 0.25) is 0 Å². The van der Waals surface area contributed by atoms with Gasteiger partial charge in [-0.3, -0.25) is 4.79 Å². The van der Waals surface area contributed by atoms with Crippen LogP contribution < -0.4 is 5.73 Å². The Morgan fingerprint density at radius 2 is 2.31 bits per heavy atom. The number of hydrogen-bond donors (Lipinski definition) is 1. The lowest BCUT2D eigenvalue weighted by Crippen LogP contribution is -2.43. The van der Waals surface area contributed by atoms with Crippen molar-refractivity contribution in [2.75, 3.05) is 13.1 Å². The van der Waals surface area contributed by atoms with Crippen molar-refractivity contribution in [1.29, 1.82) is 5.26 Å². The summed E-state index contributed by atoms with van der Waals surface area (Å²) in [6, 6.07) is 2.17. The maximum absolute atomic E-state index is 12.2. The predicted octanol–water partition coefficient (Wildman–Crippen LogP) is 1.12. The molecule has 0 aromatic heterocycles. The van der Waals surface area contributed by atoms with E-state index in [-0.39, 0.29) is 23.8 Å². The van der Waals surface area contributed by atoms with E-state index in [1.165, 1.54) is 0 Å². The van der Waals surface area contributed by atoms with Gasteiger partial charge in [-0.05, 0) is 26.7 Å². The number of carbonyl (C=O) groups excluding carboxylic acids is 1. The van der Waals surface area contributed by atoms with Crippen LogP contribution in [-0.2, 0) is 4.79 Å². The molecule has 0 saturated heterocycles. The lowest BCUT2D eigenvalue weighted by Gasteiger charge is -2.26. The standard InChI is InChI=1S/C12H21N3O/c1-3-15(8-9(2)7-13)12(16)10-5-4-6-11(10)14/h9-11H,3-6,8,14H2,1-2H3. The molecular formula is C12H21N3O. The SMILES string of the molecule is CCN(CC(C)C#N)C(=O)C1CCCC1N. The van der Waals surface area contributed by atoms with Crippen LogP contribution in [0.4, 0.5) is 0 Å². The van der Waals surface area contributed by atoms with Crippen LogP contribution in [0.15, 0.2) is 0 Å². The quantitative estimate of drug-likeness (QED) is 0.776. The Bertz CT molecular complexity index is 284. The van der Waals surface area contributed by atoms with Crippen LogP contribution in [0.1, 0.15) is 33.1 Å². The Morgan fingerprint density at radius 3 is 2.75 bits per heavy atom. The molecule has 4 heteroatoms. The molecule has 1 aliphatic rings. The van der Waals surface area contributed by atoms with E-state index in [9.17, 15) is 4.79 Å². The Hall–Kier alpha value is -1.08. The van der Waals surface area contributed by atoms with E-state index < -0.39 is 0 Å². The van der Waals surface area contributed by atoms with Gasteiger partial charge < -0.3 is 10.6 Å². The molecule has 1 aliphatic carbocycles. The van der Waals surface area contributed by atoms with Gasteiger partial charge in [0.1, 0.15) is 0 Å². The summed E-state index contributed by atoms with van der Waals surface area (Å²) >= 11 is 0. The number of nitriles is 1. The second-order valence-corrected chi connectivity index (χ2v) is 4.61. The fraction of sp³-hybridized carbons (Fsp3) is 0.833. The maximum Gasteiger partial charge on any atom is 0.227 e. The molecule has 0 radical (unpaired) electrons. The van der Waals surface area contributed by atoms with Crippen molar-refractivity contribution >= 4 is 5.91 Å². The second-order valence-electron chi connectivity index (χ2n) is 4.61. The van der Waals surface area contributed by atoms with Crippen molar-refractivity contribution in [3.63, 3.8) is 0 Å². The van der Waals surface area contributed by atoms with Gasteiger partial charge in [-0.15, -0.1) is 0 Å². The number of rotatable bonds is 4. The fourth-order valence-electron chi connectivity index (χ4n) is 2.28. The minimum Gasteiger partial charge on any atom is -0.341 e. The smallest absolute Gasteiger partial charge is 0.227 e. The van der Waals surface area contributed by atoms with Crippen LogP contribution in [0.3, 0.4) is 0 Å². The third kappa shape index (κ3) is 2.96. The van der Waals surface area contributed by atoms with Gasteiger partial charge >= 0.3 is 0 Å². The van der Waals surface area contributed by atoms with Gasteiger partial charge in [0.05, 0.1) is 17.9 Å². The Morgan fingerprint density at radius 1 is 1.62 bits per heavy atom. The third-order valence-electron chi connectivity index (χ3n) is 3.29. The number of nitrogens with zero attached hydrogens (tertiary/aromatic N) is 2. The van der Waals surface area contributed by atoms with E-state index in [1.54, 1.807) is 4.90 Å². The highest BCUT2D eigenvalue weighted by Crippen LogP contribution is 2.26. The summed E-state index contributed by atoms with van der Waals surface area (Å²) in [4.78, 5) is 13.9. The average Bonchev–Trinajstić information content (AvgIpc) is 2.71. The number of amides is 1. The molecule has 0 spiro atoms. The summed E-state index contributed by atoms with van der Waals surface area (Å²) in [6.07, 6.45) is 2.89. The van der Waals surface area contributed by atoms with Gasteiger partial charge in [-0.1, -0.05) is 6.42 Å². The van der Waals surface area contributed by atoms with Gasteiger partial charge in [0.2, 0.25) is 5.91 Å².